The third kappa shape index (κ3) is 3.04. The quantitative estimate of drug-likeness (QED) is 0.323. The number of rotatable bonds is 3. The van der Waals surface area contributed by atoms with Crippen molar-refractivity contribution in [2.75, 3.05) is 0 Å². The van der Waals surface area contributed by atoms with E-state index in [0.717, 1.165) is 6.08 Å². The van der Waals surface area contributed by atoms with Gasteiger partial charge in [0.05, 0.1) is 4.92 Å². The second-order valence-electron chi connectivity index (χ2n) is 2.66. The first-order valence-electron chi connectivity index (χ1n) is 4.00. The number of hydrogen-bond acceptors (Lipinski definition) is 4. The maximum absolute atomic E-state index is 10.6. The van der Waals surface area contributed by atoms with Crippen molar-refractivity contribution in [3.8, 4) is 6.07 Å². The summed E-state index contributed by atoms with van der Waals surface area (Å²) in [6.45, 7) is 0. The standard InChI is InChI=1S/C10H6N2O3/c11-7-10(13)6-3-8-1-4-9(5-2-8)12(14)15/h1-6H. The Morgan fingerprint density at radius 1 is 1.40 bits per heavy atom. The monoisotopic (exact) mass is 202 g/mol. The minimum absolute atomic E-state index is 0.0150. The smallest absolute Gasteiger partial charge is 0.269 e. The number of benzene rings is 1. The predicted octanol–water partition coefficient (Wildman–Crippen LogP) is 1.70. The zero-order valence-corrected chi connectivity index (χ0v) is 7.58. The molecule has 0 unspecified atom stereocenters. The average Bonchev–Trinajstić information content (AvgIpc) is 2.26. The topological polar surface area (TPSA) is 84.0 Å². The van der Waals surface area contributed by atoms with E-state index in [9.17, 15) is 14.9 Å². The van der Waals surface area contributed by atoms with Crippen LogP contribution in [0, 0.1) is 21.4 Å². The Hall–Kier alpha value is -2.48. The molecule has 0 heterocycles. The van der Waals surface area contributed by atoms with Gasteiger partial charge in [-0.25, -0.2) is 0 Å². The Bertz CT molecular complexity index is 455. The van der Waals surface area contributed by atoms with E-state index in [1.165, 1.54) is 36.4 Å². The fraction of sp³-hybridized carbons (Fsp3) is 0. The van der Waals surface area contributed by atoms with E-state index in [0.29, 0.717) is 5.56 Å². The molecule has 0 saturated carbocycles. The summed E-state index contributed by atoms with van der Waals surface area (Å²) < 4.78 is 0. The molecule has 1 aromatic carbocycles. The summed E-state index contributed by atoms with van der Waals surface area (Å²) >= 11 is 0. The second-order valence-corrected chi connectivity index (χ2v) is 2.66. The van der Waals surface area contributed by atoms with Crippen molar-refractivity contribution in [1.82, 2.24) is 0 Å². The summed E-state index contributed by atoms with van der Waals surface area (Å²) in [6.07, 6.45) is 2.54. The number of nitriles is 1. The van der Waals surface area contributed by atoms with Crippen LogP contribution in [-0.4, -0.2) is 10.7 Å². The van der Waals surface area contributed by atoms with Gasteiger partial charge in [0, 0.05) is 12.1 Å². The third-order valence-corrected chi connectivity index (χ3v) is 1.64. The van der Waals surface area contributed by atoms with Crippen molar-refractivity contribution >= 4 is 17.5 Å². The fourth-order valence-corrected chi connectivity index (χ4v) is 0.916. The highest BCUT2D eigenvalue weighted by Gasteiger charge is 2.02. The molecule has 0 spiro atoms. The summed E-state index contributed by atoms with van der Waals surface area (Å²) in [5.74, 6) is -0.659. The van der Waals surface area contributed by atoms with Gasteiger partial charge in [-0.15, -0.1) is 0 Å². The number of ketones is 1. The largest absolute Gasteiger partial charge is 0.278 e. The van der Waals surface area contributed by atoms with Gasteiger partial charge in [0.2, 0.25) is 0 Å². The van der Waals surface area contributed by atoms with Crippen molar-refractivity contribution in [1.29, 1.82) is 5.26 Å². The van der Waals surface area contributed by atoms with Gasteiger partial charge in [-0.2, -0.15) is 5.26 Å². The van der Waals surface area contributed by atoms with Gasteiger partial charge in [-0.3, -0.25) is 14.9 Å². The molecule has 5 nitrogen and oxygen atoms in total. The molecule has 0 saturated heterocycles. The van der Waals surface area contributed by atoms with Gasteiger partial charge < -0.3 is 0 Å². The molecule has 1 aromatic rings. The number of hydrogen-bond donors (Lipinski definition) is 0. The highest BCUT2D eigenvalue weighted by atomic mass is 16.6. The van der Waals surface area contributed by atoms with Crippen LogP contribution in [0.2, 0.25) is 0 Å². The number of nitro groups is 1. The molecule has 0 bridgehead atoms. The summed E-state index contributed by atoms with van der Waals surface area (Å²) in [5.41, 5.74) is 0.614. The molecule has 0 radical (unpaired) electrons. The predicted molar refractivity (Wildman–Crippen MR) is 52.8 cm³/mol. The first-order chi connectivity index (χ1) is 7.13. The Morgan fingerprint density at radius 3 is 2.47 bits per heavy atom. The van der Waals surface area contributed by atoms with Crippen molar-refractivity contribution in [3.05, 3.63) is 46.0 Å². The molecule has 0 aromatic heterocycles. The molecule has 1 rings (SSSR count). The Morgan fingerprint density at radius 2 is 2.00 bits per heavy atom. The van der Waals surface area contributed by atoms with E-state index in [1.807, 2.05) is 0 Å². The van der Waals surface area contributed by atoms with Crippen LogP contribution in [0.1, 0.15) is 5.56 Å². The van der Waals surface area contributed by atoms with E-state index < -0.39 is 10.7 Å². The van der Waals surface area contributed by atoms with Crippen molar-refractivity contribution in [3.63, 3.8) is 0 Å². The molecule has 0 amide bonds. The first kappa shape index (κ1) is 10.6. The lowest BCUT2D eigenvalue weighted by Gasteiger charge is -1.92. The maximum atomic E-state index is 10.6. The van der Waals surface area contributed by atoms with Gasteiger partial charge in [-0.1, -0.05) is 6.08 Å². The normalized spacial score (nSPS) is 9.80. The van der Waals surface area contributed by atoms with Crippen LogP contribution in [0.25, 0.3) is 6.08 Å². The molecular weight excluding hydrogens is 196 g/mol. The summed E-state index contributed by atoms with van der Waals surface area (Å²) in [7, 11) is 0. The van der Waals surface area contributed by atoms with Gasteiger partial charge in [0.25, 0.3) is 11.5 Å². The summed E-state index contributed by atoms with van der Waals surface area (Å²) in [5, 5.41) is 18.5. The first-order valence-corrected chi connectivity index (χ1v) is 4.00. The minimum Gasteiger partial charge on any atom is -0.278 e. The molecule has 5 heteroatoms. The lowest BCUT2D eigenvalue weighted by Crippen LogP contribution is -1.87. The zero-order chi connectivity index (χ0) is 11.3. The highest BCUT2D eigenvalue weighted by molar-refractivity contribution is 6.04. The molecule has 15 heavy (non-hydrogen) atoms. The van der Waals surface area contributed by atoms with Gasteiger partial charge in [-0.05, 0) is 23.8 Å². The van der Waals surface area contributed by atoms with Crippen molar-refractivity contribution < 1.29 is 9.72 Å². The van der Waals surface area contributed by atoms with Crippen molar-refractivity contribution in [2.45, 2.75) is 0 Å². The molecule has 0 aliphatic rings. The zero-order valence-electron chi connectivity index (χ0n) is 7.58. The number of non-ortho nitro benzene ring substituents is 1. The van der Waals surface area contributed by atoms with Crippen LogP contribution in [0.3, 0.4) is 0 Å². The average molecular weight is 202 g/mol. The SMILES string of the molecule is N#CC(=O)C=Cc1ccc([N+](=O)[O-])cc1. The molecule has 0 aliphatic heterocycles. The molecule has 74 valence electrons. The molecule has 0 aliphatic carbocycles. The summed E-state index contributed by atoms with van der Waals surface area (Å²) in [4.78, 5) is 20.4. The number of carbonyl (C=O) groups excluding carboxylic acids is 1. The number of allylic oxidation sites excluding steroid dienone is 1. The fourth-order valence-electron chi connectivity index (χ4n) is 0.916. The number of nitro benzene ring substituents is 1. The summed E-state index contributed by atoms with van der Waals surface area (Å²) in [6, 6.07) is 7.09. The van der Waals surface area contributed by atoms with E-state index in [1.54, 1.807) is 0 Å². The van der Waals surface area contributed by atoms with Crippen LogP contribution >= 0.6 is 0 Å². The number of carbonyl (C=O) groups is 1. The van der Waals surface area contributed by atoms with Crippen LogP contribution < -0.4 is 0 Å². The lowest BCUT2D eigenvalue weighted by atomic mass is 10.2. The van der Waals surface area contributed by atoms with E-state index in [4.69, 9.17) is 5.26 Å². The van der Waals surface area contributed by atoms with Gasteiger partial charge in [0.1, 0.15) is 6.07 Å². The highest BCUT2D eigenvalue weighted by Crippen LogP contribution is 2.12. The Balaban J connectivity index is 2.82. The van der Waals surface area contributed by atoms with Crippen LogP contribution in [0.15, 0.2) is 30.3 Å². The molecule has 0 atom stereocenters. The minimum atomic E-state index is -0.659. The van der Waals surface area contributed by atoms with Gasteiger partial charge >= 0.3 is 0 Å². The maximum Gasteiger partial charge on any atom is 0.269 e. The van der Waals surface area contributed by atoms with Crippen LogP contribution in [-0.2, 0) is 4.79 Å². The lowest BCUT2D eigenvalue weighted by molar-refractivity contribution is -0.384. The Labute approximate surface area is 85.4 Å². The van der Waals surface area contributed by atoms with Crippen molar-refractivity contribution in [2.24, 2.45) is 0 Å². The Kier molecular flexibility index (Phi) is 3.30. The third-order valence-electron chi connectivity index (χ3n) is 1.64. The van der Waals surface area contributed by atoms with Gasteiger partial charge in [0.15, 0.2) is 0 Å². The molecule has 0 fully saturated rings. The van der Waals surface area contributed by atoms with Crippen LogP contribution in [0.5, 0.6) is 0 Å². The van der Waals surface area contributed by atoms with E-state index >= 15 is 0 Å². The molecule has 0 N–H and O–H groups in total. The second kappa shape index (κ2) is 4.67. The van der Waals surface area contributed by atoms with E-state index in [2.05, 4.69) is 0 Å². The molecular formula is C10H6N2O3. The number of nitrogens with zero attached hydrogens (tertiary/aromatic N) is 2. The van der Waals surface area contributed by atoms with Crippen LogP contribution in [0.4, 0.5) is 5.69 Å². The van der Waals surface area contributed by atoms with E-state index in [-0.39, 0.29) is 5.69 Å².